The summed E-state index contributed by atoms with van der Waals surface area (Å²) < 4.78 is 38.4. The van der Waals surface area contributed by atoms with Gasteiger partial charge in [-0.2, -0.15) is 0 Å². The van der Waals surface area contributed by atoms with Crippen molar-refractivity contribution in [3.8, 4) is 11.5 Å². The Hall–Kier alpha value is -3.57. The van der Waals surface area contributed by atoms with E-state index >= 15 is 0 Å². The van der Waals surface area contributed by atoms with E-state index in [2.05, 4.69) is 21.2 Å². The normalized spacial score (nSPS) is 11.8. The standard InChI is InChI=1S/C30H36BrN3O6S/c1-5-16-32-30(36)26(18-22-10-7-6-8-11-22)33(20-23-12-9-13-24(31)17-23)29(35)21-34(41(4,37)38)25-14-15-27(39-2)28(19-25)40-3/h6-15,17,19,26H,5,16,18,20-21H2,1-4H3,(H,32,36). The lowest BCUT2D eigenvalue weighted by Gasteiger charge is -2.33. The number of carbonyl (C=O) groups excluding carboxylic acids is 2. The SMILES string of the molecule is CCCNC(=O)C(Cc1ccccc1)N(Cc1cccc(Br)c1)C(=O)CN(c1ccc(OC)c(OC)c1)S(C)(=O)=O. The number of benzene rings is 3. The monoisotopic (exact) mass is 645 g/mol. The molecule has 41 heavy (non-hydrogen) atoms. The first kappa shape index (κ1) is 32.0. The molecule has 0 aliphatic rings. The zero-order chi connectivity index (χ0) is 30.0. The first-order valence-corrected chi connectivity index (χ1v) is 15.8. The van der Waals surface area contributed by atoms with Gasteiger partial charge in [-0.1, -0.05) is 65.3 Å². The van der Waals surface area contributed by atoms with Crippen molar-refractivity contribution >= 4 is 43.5 Å². The van der Waals surface area contributed by atoms with Crippen LogP contribution in [0.2, 0.25) is 0 Å². The summed E-state index contributed by atoms with van der Waals surface area (Å²) in [4.78, 5) is 29.1. The molecule has 1 N–H and O–H groups in total. The Balaban J connectivity index is 2.06. The molecular weight excluding hydrogens is 610 g/mol. The number of nitrogens with zero attached hydrogens (tertiary/aromatic N) is 2. The average molecular weight is 647 g/mol. The van der Waals surface area contributed by atoms with Gasteiger partial charge in [-0.15, -0.1) is 0 Å². The minimum atomic E-state index is -3.91. The quantitative estimate of drug-likeness (QED) is 0.279. The Kier molecular flexibility index (Phi) is 11.6. The molecule has 9 nitrogen and oxygen atoms in total. The number of amides is 2. The molecule has 2 amide bonds. The molecule has 11 heteroatoms. The Morgan fingerprint density at radius 2 is 1.61 bits per heavy atom. The number of anilines is 1. The summed E-state index contributed by atoms with van der Waals surface area (Å²) in [6.07, 6.45) is 2.01. The van der Waals surface area contributed by atoms with Crippen LogP contribution in [0.3, 0.4) is 0 Å². The van der Waals surface area contributed by atoms with E-state index in [0.29, 0.717) is 18.0 Å². The topological polar surface area (TPSA) is 105 Å². The number of hydrogen-bond donors (Lipinski definition) is 1. The van der Waals surface area contributed by atoms with E-state index < -0.39 is 28.5 Å². The Bertz CT molecular complexity index is 1440. The van der Waals surface area contributed by atoms with E-state index in [9.17, 15) is 18.0 Å². The summed E-state index contributed by atoms with van der Waals surface area (Å²) in [6.45, 7) is 1.97. The van der Waals surface area contributed by atoms with E-state index in [-0.39, 0.29) is 24.6 Å². The van der Waals surface area contributed by atoms with Crippen molar-refractivity contribution in [1.82, 2.24) is 10.2 Å². The maximum absolute atomic E-state index is 14.1. The summed E-state index contributed by atoms with van der Waals surface area (Å²) in [7, 11) is -0.986. The van der Waals surface area contributed by atoms with Crippen LogP contribution in [-0.4, -0.2) is 64.7 Å². The predicted octanol–water partition coefficient (Wildman–Crippen LogP) is 4.40. The van der Waals surface area contributed by atoms with Crippen LogP contribution in [0, 0.1) is 0 Å². The average Bonchev–Trinajstić information content (AvgIpc) is 2.95. The van der Waals surface area contributed by atoms with Gasteiger partial charge in [0.05, 0.1) is 26.2 Å². The molecule has 1 unspecified atom stereocenters. The zero-order valence-electron chi connectivity index (χ0n) is 23.7. The zero-order valence-corrected chi connectivity index (χ0v) is 26.1. The van der Waals surface area contributed by atoms with Gasteiger partial charge in [0.25, 0.3) is 0 Å². The lowest BCUT2D eigenvalue weighted by atomic mass is 10.0. The maximum atomic E-state index is 14.1. The second-order valence-electron chi connectivity index (χ2n) is 9.46. The summed E-state index contributed by atoms with van der Waals surface area (Å²) >= 11 is 3.47. The van der Waals surface area contributed by atoms with Crippen LogP contribution in [0.5, 0.6) is 11.5 Å². The van der Waals surface area contributed by atoms with Crippen LogP contribution in [0.25, 0.3) is 0 Å². The van der Waals surface area contributed by atoms with Gasteiger partial charge in [-0.3, -0.25) is 13.9 Å². The molecule has 0 aromatic heterocycles. The molecule has 0 aliphatic carbocycles. The van der Waals surface area contributed by atoms with Gasteiger partial charge in [-0.05, 0) is 41.8 Å². The first-order chi connectivity index (χ1) is 19.6. The van der Waals surface area contributed by atoms with Crippen LogP contribution < -0.4 is 19.1 Å². The lowest BCUT2D eigenvalue weighted by Crippen LogP contribution is -2.53. The Morgan fingerprint density at radius 3 is 2.22 bits per heavy atom. The van der Waals surface area contributed by atoms with Crippen molar-refractivity contribution in [2.45, 2.75) is 32.4 Å². The van der Waals surface area contributed by atoms with Crippen LogP contribution in [0.15, 0.2) is 77.3 Å². The number of carbonyl (C=O) groups is 2. The first-order valence-electron chi connectivity index (χ1n) is 13.1. The van der Waals surface area contributed by atoms with Crippen molar-refractivity contribution in [3.63, 3.8) is 0 Å². The Morgan fingerprint density at radius 1 is 0.927 bits per heavy atom. The highest BCUT2D eigenvalue weighted by atomic mass is 79.9. The van der Waals surface area contributed by atoms with Gasteiger partial charge in [-0.25, -0.2) is 8.42 Å². The van der Waals surface area contributed by atoms with Gasteiger partial charge in [0.15, 0.2) is 11.5 Å². The van der Waals surface area contributed by atoms with Gasteiger partial charge in [0.1, 0.15) is 12.6 Å². The third-order valence-electron chi connectivity index (χ3n) is 6.40. The fourth-order valence-corrected chi connectivity index (χ4v) is 5.63. The van der Waals surface area contributed by atoms with Crippen LogP contribution >= 0.6 is 15.9 Å². The number of nitrogens with one attached hydrogen (secondary N) is 1. The third kappa shape index (κ3) is 8.96. The second-order valence-corrected chi connectivity index (χ2v) is 12.3. The lowest BCUT2D eigenvalue weighted by molar-refractivity contribution is -0.140. The molecule has 0 bridgehead atoms. The number of rotatable bonds is 14. The van der Waals surface area contributed by atoms with Gasteiger partial charge in [0, 0.05) is 30.0 Å². The Labute approximate surface area is 250 Å². The van der Waals surface area contributed by atoms with Gasteiger partial charge >= 0.3 is 0 Å². The number of ether oxygens (including phenoxy) is 2. The predicted molar refractivity (Wildman–Crippen MR) is 164 cm³/mol. The number of sulfonamides is 1. The van der Waals surface area contributed by atoms with E-state index in [1.54, 1.807) is 12.1 Å². The number of hydrogen-bond acceptors (Lipinski definition) is 6. The van der Waals surface area contributed by atoms with E-state index in [4.69, 9.17) is 9.47 Å². The van der Waals surface area contributed by atoms with Crippen molar-refractivity contribution in [2.75, 3.05) is 37.9 Å². The molecule has 0 aliphatic heterocycles. The molecule has 1 atom stereocenters. The summed E-state index contributed by atoms with van der Waals surface area (Å²) in [6, 6.07) is 20.6. The summed E-state index contributed by atoms with van der Waals surface area (Å²) in [5.74, 6) is -0.102. The van der Waals surface area contributed by atoms with Crippen molar-refractivity contribution < 1.29 is 27.5 Å². The fourth-order valence-electron chi connectivity index (χ4n) is 4.35. The van der Waals surface area contributed by atoms with Crippen molar-refractivity contribution in [3.05, 3.63) is 88.4 Å². The maximum Gasteiger partial charge on any atom is 0.244 e. The molecule has 0 heterocycles. The molecular formula is C30H36BrN3O6S. The van der Waals surface area contributed by atoms with Crippen LogP contribution in [-0.2, 0) is 32.6 Å². The molecule has 0 saturated heterocycles. The van der Waals surface area contributed by atoms with Crippen molar-refractivity contribution in [1.29, 1.82) is 0 Å². The number of methoxy groups -OCH3 is 2. The molecule has 3 rings (SSSR count). The van der Waals surface area contributed by atoms with Crippen LogP contribution in [0.1, 0.15) is 24.5 Å². The fraction of sp³-hybridized carbons (Fsp3) is 0.333. The van der Waals surface area contributed by atoms with Gasteiger partial charge < -0.3 is 19.7 Å². The largest absolute Gasteiger partial charge is 0.493 e. The second kappa shape index (κ2) is 14.9. The summed E-state index contributed by atoms with van der Waals surface area (Å²) in [5.41, 5.74) is 1.89. The van der Waals surface area contributed by atoms with Crippen molar-refractivity contribution in [2.24, 2.45) is 0 Å². The van der Waals surface area contributed by atoms with Gasteiger partial charge in [0.2, 0.25) is 21.8 Å². The molecule has 0 saturated carbocycles. The minimum absolute atomic E-state index is 0.0961. The molecule has 0 radical (unpaired) electrons. The smallest absolute Gasteiger partial charge is 0.244 e. The summed E-state index contributed by atoms with van der Waals surface area (Å²) in [5, 5.41) is 2.92. The molecule has 0 fully saturated rings. The highest BCUT2D eigenvalue weighted by Crippen LogP contribution is 2.32. The molecule has 220 valence electrons. The van der Waals surface area contributed by atoms with E-state index in [0.717, 1.165) is 32.6 Å². The third-order valence-corrected chi connectivity index (χ3v) is 8.03. The van der Waals surface area contributed by atoms with E-state index in [1.807, 2.05) is 61.5 Å². The minimum Gasteiger partial charge on any atom is -0.493 e. The molecule has 3 aromatic carbocycles. The highest BCUT2D eigenvalue weighted by Gasteiger charge is 2.33. The molecule has 0 spiro atoms. The molecule has 3 aromatic rings. The highest BCUT2D eigenvalue weighted by molar-refractivity contribution is 9.10. The number of halogens is 1. The van der Waals surface area contributed by atoms with E-state index in [1.165, 1.54) is 25.2 Å². The van der Waals surface area contributed by atoms with Crippen LogP contribution in [0.4, 0.5) is 5.69 Å².